The molecule has 0 saturated carbocycles. The van der Waals surface area contributed by atoms with Crippen LogP contribution in [0.5, 0.6) is 0 Å². The molecule has 60 valence electrons. The van der Waals surface area contributed by atoms with E-state index in [0.29, 0.717) is 0 Å². The Balaban J connectivity index is 0. The van der Waals surface area contributed by atoms with Gasteiger partial charge in [-0.05, 0) is 20.8 Å². The van der Waals surface area contributed by atoms with Crippen LogP contribution in [0.25, 0.3) is 0 Å². The third-order valence-electron chi connectivity index (χ3n) is 0.307. The Morgan fingerprint density at radius 3 is 1.20 bits per heavy atom. The molecule has 2 nitrogen and oxygen atoms in total. The molecular weight excluding hydrogens is 175 g/mol. The molecule has 0 heterocycles. The molecule has 0 radical (unpaired) electrons. The molecule has 0 N–H and O–H groups in total. The summed E-state index contributed by atoms with van der Waals surface area (Å²) in [4.78, 5) is 18.5. The summed E-state index contributed by atoms with van der Waals surface area (Å²) in [5.41, 5.74) is 0. The number of hydrogen-bond donors (Lipinski definition) is 0. The lowest BCUT2D eigenvalue weighted by atomic mass is 10.5. The molecule has 0 aliphatic carbocycles. The van der Waals surface area contributed by atoms with Crippen LogP contribution in [0.1, 0.15) is 20.8 Å². The third-order valence-corrected chi connectivity index (χ3v) is 0.922. The fourth-order valence-corrected chi connectivity index (χ4v) is 0. The van der Waals surface area contributed by atoms with Gasteiger partial charge in [0, 0.05) is 0 Å². The number of rotatable bonds is 1. The molecule has 0 unspecified atom stereocenters. The molecule has 0 saturated heterocycles. The largest absolute Gasteiger partial charge is 0.300 e. The quantitative estimate of drug-likeness (QED) is 0.585. The second-order valence-electron chi connectivity index (χ2n) is 1.82. The molecule has 0 spiro atoms. The van der Waals surface area contributed by atoms with E-state index in [1.807, 2.05) is 0 Å². The molecule has 0 atom stereocenters. The Bertz CT molecular complexity index is 117. The van der Waals surface area contributed by atoms with Crippen LogP contribution in [0, 0.1) is 0 Å². The van der Waals surface area contributed by atoms with Crippen LogP contribution >= 0.6 is 23.2 Å². The van der Waals surface area contributed by atoms with Gasteiger partial charge in [0.2, 0.25) is 0 Å². The molecule has 0 bridgehead atoms. The van der Waals surface area contributed by atoms with E-state index in [-0.39, 0.29) is 11.6 Å². The van der Waals surface area contributed by atoms with Crippen LogP contribution in [0.2, 0.25) is 0 Å². The minimum absolute atomic E-state index is 0.167. The summed E-state index contributed by atoms with van der Waals surface area (Å²) in [6, 6.07) is 0. The number of hydrogen-bond acceptors (Lipinski definition) is 2. The summed E-state index contributed by atoms with van der Waals surface area (Å²) >= 11 is 10.1. The van der Waals surface area contributed by atoms with Gasteiger partial charge < -0.3 is 4.79 Å². The minimum Gasteiger partial charge on any atom is -0.300 e. The van der Waals surface area contributed by atoms with E-state index in [4.69, 9.17) is 23.2 Å². The first kappa shape index (κ1) is 12.6. The highest BCUT2D eigenvalue weighted by atomic mass is 35.5. The summed E-state index contributed by atoms with van der Waals surface area (Å²) in [6.45, 7) is 4.39. The van der Waals surface area contributed by atoms with E-state index >= 15 is 0 Å². The van der Waals surface area contributed by atoms with Crippen molar-refractivity contribution in [3.05, 3.63) is 0 Å². The zero-order valence-corrected chi connectivity index (χ0v) is 7.66. The molecule has 4 heteroatoms. The highest BCUT2D eigenvalue weighted by Gasteiger charge is 2.01. The van der Waals surface area contributed by atoms with Crippen LogP contribution in [-0.2, 0) is 9.59 Å². The number of ketones is 2. The first-order chi connectivity index (χ1) is 4.37. The lowest BCUT2D eigenvalue weighted by Gasteiger charge is -1.85. The smallest absolute Gasteiger partial charge is 0.165 e. The second kappa shape index (κ2) is 7.03. The van der Waals surface area contributed by atoms with E-state index in [9.17, 15) is 9.59 Å². The molecule has 0 amide bonds. The predicted octanol–water partition coefficient (Wildman–Crippen LogP) is 1.97. The predicted molar refractivity (Wildman–Crippen MR) is 42.5 cm³/mol. The van der Waals surface area contributed by atoms with Crippen molar-refractivity contribution in [3.8, 4) is 0 Å². The number of alkyl halides is 2. The molecule has 0 aromatic rings. The topological polar surface area (TPSA) is 34.1 Å². The Morgan fingerprint density at radius 1 is 1.10 bits per heavy atom. The van der Waals surface area contributed by atoms with Crippen molar-refractivity contribution in [1.82, 2.24) is 0 Å². The van der Waals surface area contributed by atoms with Crippen molar-refractivity contribution in [1.29, 1.82) is 0 Å². The van der Waals surface area contributed by atoms with Gasteiger partial charge in [0.05, 0.1) is 0 Å². The van der Waals surface area contributed by atoms with Gasteiger partial charge in [0.25, 0.3) is 0 Å². The fraction of sp³-hybridized carbons (Fsp3) is 0.667. The van der Waals surface area contributed by atoms with Crippen molar-refractivity contribution in [2.75, 3.05) is 0 Å². The summed E-state index contributed by atoms with van der Waals surface area (Å²) in [7, 11) is 0. The van der Waals surface area contributed by atoms with Gasteiger partial charge in [-0.1, -0.05) is 23.2 Å². The normalized spacial score (nSPS) is 8.20. The van der Waals surface area contributed by atoms with E-state index in [1.165, 1.54) is 20.8 Å². The van der Waals surface area contributed by atoms with Gasteiger partial charge in [-0.3, -0.25) is 4.79 Å². The first-order valence-corrected chi connectivity index (χ1v) is 3.51. The van der Waals surface area contributed by atoms with Gasteiger partial charge >= 0.3 is 0 Å². The molecule has 0 aliphatic rings. The average Bonchev–Trinajstić information content (AvgIpc) is 1.63. The molecule has 0 rings (SSSR count). The van der Waals surface area contributed by atoms with Crippen molar-refractivity contribution in [2.24, 2.45) is 0 Å². The molecule has 0 aromatic heterocycles. The van der Waals surface area contributed by atoms with Crippen LogP contribution in [-0.4, -0.2) is 16.4 Å². The molecular formula is C6H10Cl2O2. The standard InChI is InChI=1S/C3H4Cl2O.C3H6O/c1-2(6)3(4)5;1-3(2)4/h3H,1H3;1-2H3. The van der Waals surface area contributed by atoms with E-state index in [2.05, 4.69) is 0 Å². The SMILES string of the molecule is CC(=O)C(Cl)Cl.CC(C)=O. The Morgan fingerprint density at radius 2 is 1.20 bits per heavy atom. The van der Waals surface area contributed by atoms with Crippen molar-refractivity contribution >= 4 is 34.8 Å². The van der Waals surface area contributed by atoms with Crippen molar-refractivity contribution in [3.63, 3.8) is 0 Å². The Hall–Kier alpha value is -0.0800. The van der Waals surface area contributed by atoms with E-state index in [0.717, 1.165) is 0 Å². The number of carbonyl (C=O) groups is 2. The lowest BCUT2D eigenvalue weighted by Crippen LogP contribution is -1.99. The average molecular weight is 185 g/mol. The summed E-state index contributed by atoms with van der Waals surface area (Å²) in [5, 5.41) is 0. The maximum atomic E-state index is 9.88. The molecule has 0 aliphatic heterocycles. The number of carbonyl (C=O) groups excluding carboxylic acids is 2. The van der Waals surface area contributed by atoms with Crippen molar-refractivity contribution in [2.45, 2.75) is 25.6 Å². The van der Waals surface area contributed by atoms with E-state index < -0.39 is 4.84 Å². The third kappa shape index (κ3) is 24.7. The van der Waals surface area contributed by atoms with Gasteiger partial charge in [-0.15, -0.1) is 0 Å². The Labute approximate surface area is 70.5 Å². The Kier molecular flexibility index (Phi) is 8.85. The highest BCUT2D eigenvalue weighted by Crippen LogP contribution is 2.00. The number of Topliss-reactive ketones (excluding diaryl/α,β-unsaturated/α-hetero) is 2. The number of halogens is 2. The van der Waals surface area contributed by atoms with Crippen LogP contribution < -0.4 is 0 Å². The van der Waals surface area contributed by atoms with E-state index in [1.54, 1.807) is 0 Å². The zero-order valence-electron chi connectivity index (χ0n) is 6.15. The van der Waals surface area contributed by atoms with Gasteiger partial charge in [0.1, 0.15) is 5.78 Å². The summed E-state index contributed by atoms with van der Waals surface area (Å²) < 4.78 is 0. The molecule has 10 heavy (non-hydrogen) atoms. The second-order valence-corrected chi connectivity index (χ2v) is 2.92. The highest BCUT2D eigenvalue weighted by molar-refractivity contribution is 6.53. The summed E-state index contributed by atoms with van der Waals surface area (Å²) in [6.07, 6.45) is 0. The zero-order chi connectivity index (χ0) is 8.73. The molecule has 0 aromatic carbocycles. The maximum Gasteiger partial charge on any atom is 0.165 e. The van der Waals surface area contributed by atoms with Crippen LogP contribution in [0.4, 0.5) is 0 Å². The monoisotopic (exact) mass is 184 g/mol. The molecule has 0 fully saturated rings. The first-order valence-electron chi connectivity index (χ1n) is 2.63. The van der Waals surface area contributed by atoms with Gasteiger partial charge in [-0.2, -0.15) is 0 Å². The van der Waals surface area contributed by atoms with Crippen molar-refractivity contribution < 1.29 is 9.59 Å². The van der Waals surface area contributed by atoms with Crippen LogP contribution in [0.3, 0.4) is 0 Å². The van der Waals surface area contributed by atoms with Gasteiger partial charge in [0.15, 0.2) is 10.6 Å². The van der Waals surface area contributed by atoms with Crippen LogP contribution in [0.15, 0.2) is 0 Å². The lowest BCUT2D eigenvalue weighted by molar-refractivity contribution is -0.116. The van der Waals surface area contributed by atoms with Gasteiger partial charge in [-0.25, -0.2) is 0 Å². The fourth-order valence-electron chi connectivity index (χ4n) is 0. The maximum absolute atomic E-state index is 9.88. The summed E-state index contributed by atoms with van der Waals surface area (Å²) in [5.74, 6) is -0.0432. The minimum atomic E-state index is -0.843.